The molecule has 2 nitrogen and oxygen atoms in total. The van der Waals surface area contributed by atoms with Gasteiger partial charge in [0.15, 0.2) is 0 Å². The Morgan fingerprint density at radius 3 is 2.22 bits per heavy atom. The lowest BCUT2D eigenvalue weighted by molar-refractivity contribution is -0.138. The highest BCUT2D eigenvalue weighted by Gasteiger charge is 2.51. The number of amides is 1. The third kappa shape index (κ3) is 3.09. The summed E-state index contributed by atoms with van der Waals surface area (Å²) >= 11 is 0. The minimum atomic E-state index is -4.42. The van der Waals surface area contributed by atoms with E-state index in [4.69, 9.17) is 0 Å². The summed E-state index contributed by atoms with van der Waals surface area (Å²) in [6.45, 7) is -0.122. The van der Waals surface area contributed by atoms with Crippen molar-refractivity contribution in [1.29, 1.82) is 0 Å². The van der Waals surface area contributed by atoms with Crippen LogP contribution in [0.2, 0.25) is 0 Å². The first kappa shape index (κ1) is 15.6. The first-order chi connectivity index (χ1) is 10.9. The molecule has 0 spiro atoms. The van der Waals surface area contributed by atoms with Crippen LogP contribution in [0, 0.1) is 0 Å². The molecule has 1 aliphatic rings. The molecule has 0 radical (unpaired) electrons. The average molecular weight is 319 g/mol. The summed E-state index contributed by atoms with van der Waals surface area (Å²) in [5.41, 5.74) is -0.280. The second kappa shape index (κ2) is 5.72. The van der Waals surface area contributed by atoms with E-state index < -0.39 is 17.2 Å². The zero-order valence-corrected chi connectivity index (χ0v) is 12.4. The Kier molecular flexibility index (Phi) is 3.88. The van der Waals surface area contributed by atoms with Crippen LogP contribution < -0.4 is 5.32 Å². The van der Waals surface area contributed by atoms with Gasteiger partial charge in [-0.1, -0.05) is 48.5 Å². The first-order valence-corrected chi connectivity index (χ1v) is 7.42. The van der Waals surface area contributed by atoms with Gasteiger partial charge in [0.05, 0.1) is 11.0 Å². The second-order valence-corrected chi connectivity index (χ2v) is 5.79. The fraction of sp³-hybridized carbons (Fsp3) is 0.278. The molecule has 1 fully saturated rings. The number of carbonyl (C=O) groups is 1. The van der Waals surface area contributed by atoms with E-state index in [9.17, 15) is 18.0 Å². The van der Waals surface area contributed by atoms with Crippen molar-refractivity contribution in [3.05, 3.63) is 71.3 Å². The zero-order valence-electron chi connectivity index (χ0n) is 12.4. The molecule has 23 heavy (non-hydrogen) atoms. The standard InChI is InChI=1S/C18H16F3NO/c19-18(20,21)15-9-5-4-6-13(15)12-22-16(23)17(10-11-17)14-7-2-1-3-8-14/h1-9H,10-12H2,(H,22,23). The van der Waals surface area contributed by atoms with Crippen molar-refractivity contribution in [3.63, 3.8) is 0 Å². The predicted molar refractivity (Wildman–Crippen MR) is 80.6 cm³/mol. The number of nitrogens with one attached hydrogen (secondary N) is 1. The molecule has 0 unspecified atom stereocenters. The number of carbonyl (C=O) groups excluding carboxylic acids is 1. The van der Waals surface area contributed by atoms with Gasteiger partial charge < -0.3 is 5.32 Å². The van der Waals surface area contributed by atoms with Gasteiger partial charge in [-0.25, -0.2) is 0 Å². The minimum Gasteiger partial charge on any atom is -0.351 e. The maximum Gasteiger partial charge on any atom is 0.416 e. The molecule has 0 bridgehead atoms. The summed E-state index contributed by atoms with van der Waals surface area (Å²) in [6.07, 6.45) is -2.97. The van der Waals surface area contributed by atoms with E-state index in [2.05, 4.69) is 5.32 Å². The number of rotatable bonds is 4. The second-order valence-electron chi connectivity index (χ2n) is 5.79. The van der Waals surface area contributed by atoms with Crippen LogP contribution in [-0.2, 0) is 22.9 Å². The van der Waals surface area contributed by atoms with Gasteiger partial charge in [-0.3, -0.25) is 4.79 Å². The third-order valence-corrected chi connectivity index (χ3v) is 4.27. The van der Waals surface area contributed by atoms with Crippen LogP contribution in [0.15, 0.2) is 54.6 Å². The summed E-state index contributed by atoms with van der Waals surface area (Å²) < 4.78 is 38.9. The van der Waals surface area contributed by atoms with E-state index in [1.807, 2.05) is 30.3 Å². The molecule has 1 saturated carbocycles. The quantitative estimate of drug-likeness (QED) is 0.905. The Morgan fingerprint density at radius 2 is 1.61 bits per heavy atom. The smallest absolute Gasteiger partial charge is 0.351 e. The average Bonchev–Trinajstić information content (AvgIpc) is 3.35. The summed E-state index contributed by atoms with van der Waals surface area (Å²) in [4.78, 5) is 12.5. The molecule has 5 heteroatoms. The molecule has 1 aliphatic carbocycles. The van der Waals surface area contributed by atoms with E-state index in [1.54, 1.807) is 6.07 Å². The number of benzene rings is 2. The maximum absolute atomic E-state index is 13.0. The van der Waals surface area contributed by atoms with E-state index >= 15 is 0 Å². The van der Waals surface area contributed by atoms with Crippen molar-refractivity contribution < 1.29 is 18.0 Å². The lowest BCUT2D eigenvalue weighted by atomic mass is 9.95. The Hall–Kier alpha value is -2.30. The Bertz CT molecular complexity index is 706. The third-order valence-electron chi connectivity index (χ3n) is 4.27. The SMILES string of the molecule is O=C(NCc1ccccc1C(F)(F)F)C1(c2ccccc2)CC1. The molecule has 0 heterocycles. The summed E-state index contributed by atoms with van der Waals surface area (Å²) in [6, 6.07) is 14.7. The Labute approximate surface area is 132 Å². The number of halogens is 3. The predicted octanol–water partition coefficient (Wildman–Crippen LogP) is 4.05. The Morgan fingerprint density at radius 1 is 1.00 bits per heavy atom. The minimum absolute atomic E-state index is 0.0808. The van der Waals surface area contributed by atoms with Crippen molar-refractivity contribution in [2.75, 3.05) is 0 Å². The van der Waals surface area contributed by atoms with Gasteiger partial charge >= 0.3 is 6.18 Å². The van der Waals surface area contributed by atoms with Crippen molar-refractivity contribution in [1.82, 2.24) is 5.32 Å². The van der Waals surface area contributed by atoms with Gasteiger partial charge in [-0.15, -0.1) is 0 Å². The topological polar surface area (TPSA) is 29.1 Å². The maximum atomic E-state index is 13.0. The van der Waals surface area contributed by atoms with Crippen molar-refractivity contribution in [2.24, 2.45) is 0 Å². The largest absolute Gasteiger partial charge is 0.416 e. The Balaban J connectivity index is 1.74. The van der Waals surface area contributed by atoms with Gasteiger partial charge in [-0.05, 0) is 30.0 Å². The monoisotopic (exact) mass is 319 g/mol. The van der Waals surface area contributed by atoms with Crippen LogP contribution in [0.3, 0.4) is 0 Å². The van der Waals surface area contributed by atoms with Gasteiger partial charge in [0.25, 0.3) is 0 Å². The van der Waals surface area contributed by atoms with Crippen LogP contribution >= 0.6 is 0 Å². The van der Waals surface area contributed by atoms with Crippen molar-refractivity contribution in [3.8, 4) is 0 Å². The lowest BCUT2D eigenvalue weighted by Gasteiger charge is -2.17. The highest BCUT2D eigenvalue weighted by atomic mass is 19.4. The van der Waals surface area contributed by atoms with Crippen LogP contribution in [0.25, 0.3) is 0 Å². The molecule has 120 valence electrons. The molecule has 0 atom stereocenters. The van der Waals surface area contributed by atoms with Gasteiger partial charge in [0.1, 0.15) is 0 Å². The molecule has 3 rings (SSSR count). The number of alkyl halides is 3. The number of hydrogen-bond donors (Lipinski definition) is 1. The number of hydrogen-bond acceptors (Lipinski definition) is 1. The van der Waals surface area contributed by atoms with Crippen LogP contribution in [0.5, 0.6) is 0 Å². The van der Waals surface area contributed by atoms with E-state index in [-0.39, 0.29) is 18.0 Å². The highest BCUT2D eigenvalue weighted by Crippen LogP contribution is 2.48. The van der Waals surface area contributed by atoms with Crippen LogP contribution in [0.1, 0.15) is 29.5 Å². The van der Waals surface area contributed by atoms with Gasteiger partial charge in [0.2, 0.25) is 5.91 Å². The van der Waals surface area contributed by atoms with Crippen molar-refractivity contribution in [2.45, 2.75) is 31.0 Å². The normalized spacial score (nSPS) is 16.0. The van der Waals surface area contributed by atoms with E-state index in [0.717, 1.165) is 24.5 Å². The lowest BCUT2D eigenvalue weighted by Crippen LogP contribution is -2.34. The van der Waals surface area contributed by atoms with E-state index in [0.29, 0.717) is 0 Å². The molecular weight excluding hydrogens is 303 g/mol. The molecule has 2 aromatic rings. The summed E-state index contributed by atoms with van der Waals surface area (Å²) in [5.74, 6) is -0.208. The fourth-order valence-electron chi connectivity index (χ4n) is 2.82. The van der Waals surface area contributed by atoms with Crippen molar-refractivity contribution >= 4 is 5.91 Å². The molecule has 0 saturated heterocycles. The molecule has 0 aliphatic heterocycles. The molecule has 0 aromatic heterocycles. The molecular formula is C18H16F3NO. The summed E-state index contributed by atoms with van der Waals surface area (Å²) in [5, 5.41) is 2.67. The van der Waals surface area contributed by atoms with Crippen LogP contribution in [0.4, 0.5) is 13.2 Å². The molecule has 2 aromatic carbocycles. The highest BCUT2D eigenvalue weighted by molar-refractivity contribution is 5.91. The fourth-order valence-corrected chi connectivity index (χ4v) is 2.82. The summed E-state index contributed by atoms with van der Waals surface area (Å²) in [7, 11) is 0. The molecule has 1 amide bonds. The van der Waals surface area contributed by atoms with Crippen LogP contribution in [-0.4, -0.2) is 5.91 Å². The van der Waals surface area contributed by atoms with E-state index in [1.165, 1.54) is 12.1 Å². The van der Waals surface area contributed by atoms with Gasteiger partial charge in [0, 0.05) is 6.54 Å². The first-order valence-electron chi connectivity index (χ1n) is 7.42. The molecule has 1 N–H and O–H groups in total. The van der Waals surface area contributed by atoms with Gasteiger partial charge in [-0.2, -0.15) is 13.2 Å². The zero-order chi connectivity index (χ0) is 16.5.